The molecular weight excluding hydrogens is 416 g/mol. The van der Waals surface area contributed by atoms with Crippen LogP contribution in [-0.2, 0) is 14.8 Å². The van der Waals surface area contributed by atoms with Gasteiger partial charge in [0.15, 0.2) is 0 Å². The van der Waals surface area contributed by atoms with Crippen LogP contribution in [0.5, 0.6) is 11.5 Å². The van der Waals surface area contributed by atoms with Crippen molar-refractivity contribution >= 4 is 21.6 Å². The topological polar surface area (TPSA) is 84.9 Å². The second-order valence-electron chi connectivity index (χ2n) is 7.52. The molecule has 3 rings (SSSR count). The first-order chi connectivity index (χ1) is 14.9. The summed E-state index contributed by atoms with van der Waals surface area (Å²) in [6, 6.07) is 13.1. The molecule has 1 aliphatic carbocycles. The van der Waals surface area contributed by atoms with Crippen molar-refractivity contribution in [1.29, 1.82) is 0 Å². The summed E-state index contributed by atoms with van der Waals surface area (Å²) in [4.78, 5) is 12.9. The quantitative estimate of drug-likeness (QED) is 0.628. The number of sulfonamides is 1. The molecule has 31 heavy (non-hydrogen) atoms. The number of amides is 1. The van der Waals surface area contributed by atoms with Crippen LogP contribution in [-0.4, -0.2) is 44.9 Å². The Morgan fingerprint density at radius 2 is 1.61 bits per heavy atom. The van der Waals surface area contributed by atoms with Crippen molar-refractivity contribution in [3.8, 4) is 11.5 Å². The summed E-state index contributed by atoms with van der Waals surface area (Å²) >= 11 is 0. The summed E-state index contributed by atoms with van der Waals surface area (Å²) < 4.78 is 38.8. The number of methoxy groups -OCH3 is 1. The van der Waals surface area contributed by atoms with Gasteiger partial charge in [-0.05, 0) is 68.3 Å². The van der Waals surface area contributed by atoms with Crippen LogP contribution in [0.1, 0.15) is 39.0 Å². The van der Waals surface area contributed by atoms with E-state index in [-0.39, 0.29) is 23.4 Å². The molecule has 0 bridgehead atoms. The van der Waals surface area contributed by atoms with Gasteiger partial charge >= 0.3 is 0 Å². The molecule has 7 nitrogen and oxygen atoms in total. The van der Waals surface area contributed by atoms with Crippen molar-refractivity contribution < 1.29 is 22.7 Å². The summed E-state index contributed by atoms with van der Waals surface area (Å²) in [5.74, 6) is 0.924. The summed E-state index contributed by atoms with van der Waals surface area (Å²) in [7, 11) is -2.26. The van der Waals surface area contributed by atoms with E-state index in [0.717, 1.165) is 32.1 Å². The van der Waals surface area contributed by atoms with Crippen LogP contribution in [0, 0.1) is 0 Å². The highest BCUT2D eigenvalue weighted by Gasteiger charge is 2.34. The van der Waals surface area contributed by atoms with Crippen LogP contribution in [0.15, 0.2) is 53.4 Å². The number of carbonyl (C=O) groups is 1. The zero-order valence-electron chi connectivity index (χ0n) is 18.0. The Hall–Kier alpha value is -2.58. The maximum Gasteiger partial charge on any atom is 0.243 e. The minimum absolute atomic E-state index is 0.166. The highest BCUT2D eigenvalue weighted by molar-refractivity contribution is 7.89. The highest BCUT2D eigenvalue weighted by atomic mass is 32.2. The summed E-state index contributed by atoms with van der Waals surface area (Å²) in [6.45, 7) is 2.15. The van der Waals surface area contributed by atoms with Gasteiger partial charge in [-0.25, -0.2) is 8.42 Å². The Labute approximate surface area is 184 Å². The minimum atomic E-state index is -3.83. The monoisotopic (exact) mass is 446 g/mol. The largest absolute Gasteiger partial charge is 0.497 e. The van der Waals surface area contributed by atoms with E-state index in [0.29, 0.717) is 23.8 Å². The lowest BCUT2D eigenvalue weighted by atomic mass is 9.95. The fourth-order valence-corrected chi connectivity index (χ4v) is 5.45. The normalized spacial score (nSPS) is 14.9. The second kappa shape index (κ2) is 10.6. The van der Waals surface area contributed by atoms with Crippen molar-refractivity contribution in [1.82, 2.24) is 4.31 Å². The molecular formula is C23H30N2O5S. The minimum Gasteiger partial charge on any atom is -0.497 e. The van der Waals surface area contributed by atoms with Gasteiger partial charge in [0, 0.05) is 11.7 Å². The number of hydrogen-bond donors (Lipinski definition) is 1. The fourth-order valence-electron chi connectivity index (χ4n) is 3.81. The average molecular weight is 447 g/mol. The van der Waals surface area contributed by atoms with Crippen molar-refractivity contribution in [2.24, 2.45) is 0 Å². The van der Waals surface area contributed by atoms with Crippen molar-refractivity contribution in [3.05, 3.63) is 48.5 Å². The SMILES string of the molecule is CCOc1ccc(S(=O)(=O)N(CC(=O)Nc2ccc(OC)cc2)C2CCCCC2)cc1. The van der Waals surface area contributed by atoms with E-state index in [9.17, 15) is 13.2 Å². The van der Waals surface area contributed by atoms with Crippen LogP contribution >= 0.6 is 0 Å². The van der Waals surface area contributed by atoms with Gasteiger partial charge in [-0.2, -0.15) is 4.31 Å². The van der Waals surface area contributed by atoms with Gasteiger partial charge in [0.1, 0.15) is 11.5 Å². The number of carbonyl (C=O) groups excluding carboxylic acids is 1. The molecule has 0 spiro atoms. The van der Waals surface area contributed by atoms with E-state index in [2.05, 4.69) is 5.32 Å². The van der Waals surface area contributed by atoms with Gasteiger partial charge in [-0.1, -0.05) is 19.3 Å². The Morgan fingerprint density at radius 1 is 1.00 bits per heavy atom. The molecule has 0 atom stereocenters. The zero-order chi connectivity index (χ0) is 22.3. The molecule has 0 aliphatic heterocycles. The Morgan fingerprint density at radius 3 is 2.19 bits per heavy atom. The number of nitrogens with one attached hydrogen (secondary N) is 1. The van der Waals surface area contributed by atoms with Gasteiger partial charge in [0.05, 0.1) is 25.2 Å². The molecule has 8 heteroatoms. The summed E-state index contributed by atoms with van der Waals surface area (Å²) in [5, 5.41) is 2.79. The average Bonchev–Trinajstić information content (AvgIpc) is 2.79. The number of anilines is 1. The van der Waals surface area contributed by atoms with E-state index in [1.807, 2.05) is 6.92 Å². The van der Waals surface area contributed by atoms with Crippen molar-refractivity contribution in [3.63, 3.8) is 0 Å². The molecule has 0 heterocycles. The number of nitrogens with zero attached hydrogens (tertiary/aromatic N) is 1. The maximum atomic E-state index is 13.5. The van der Waals surface area contributed by atoms with Crippen LogP contribution in [0.25, 0.3) is 0 Å². The molecule has 1 amide bonds. The summed E-state index contributed by atoms with van der Waals surface area (Å²) in [5.41, 5.74) is 0.591. The third-order valence-corrected chi connectivity index (χ3v) is 7.31. The molecule has 1 N–H and O–H groups in total. The van der Waals surface area contributed by atoms with Crippen molar-refractivity contribution in [2.75, 3.05) is 25.6 Å². The van der Waals surface area contributed by atoms with E-state index in [4.69, 9.17) is 9.47 Å². The molecule has 0 unspecified atom stereocenters. The predicted molar refractivity (Wildman–Crippen MR) is 120 cm³/mol. The van der Waals surface area contributed by atoms with Gasteiger partial charge < -0.3 is 14.8 Å². The standard InChI is InChI=1S/C23H30N2O5S/c1-3-30-21-13-15-22(16-14-21)31(27,28)25(19-7-5-4-6-8-19)17-23(26)24-18-9-11-20(29-2)12-10-18/h9-16,19H,3-8,17H2,1-2H3,(H,24,26). The summed E-state index contributed by atoms with van der Waals surface area (Å²) in [6.07, 6.45) is 4.52. The van der Waals surface area contributed by atoms with Gasteiger partial charge in [-0.3, -0.25) is 4.79 Å². The smallest absolute Gasteiger partial charge is 0.243 e. The molecule has 2 aromatic rings. The number of ether oxygens (including phenoxy) is 2. The van der Waals surface area contributed by atoms with E-state index >= 15 is 0 Å². The van der Waals surface area contributed by atoms with Gasteiger partial charge in [0.2, 0.25) is 15.9 Å². The molecule has 1 saturated carbocycles. The Kier molecular flexibility index (Phi) is 7.92. The molecule has 1 aliphatic rings. The third kappa shape index (κ3) is 5.98. The first-order valence-corrected chi connectivity index (χ1v) is 12.1. The van der Waals surface area contributed by atoms with Crippen LogP contribution < -0.4 is 14.8 Å². The van der Waals surface area contributed by atoms with Crippen molar-refractivity contribution in [2.45, 2.75) is 50.0 Å². The predicted octanol–water partition coefficient (Wildman–Crippen LogP) is 4.06. The van der Waals surface area contributed by atoms with E-state index in [1.165, 1.54) is 16.4 Å². The molecule has 0 radical (unpaired) electrons. The number of hydrogen-bond acceptors (Lipinski definition) is 5. The fraction of sp³-hybridized carbons (Fsp3) is 0.435. The molecule has 1 fully saturated rings. The Bertz CT molecular complexity index is 952. The van der Waals surface area contributed by atoms with Crippen LogP contribution in [0.2, 0.25) is 0 Å². The Balaban J connectivity index is 1.80. The molecule has 0 aromatic heterocycles. The zero-order valence-corrected chi connectivity index (χ0v) is 18.9. The molecule has 2 aromatic carbocycles. The lowest BCUT2D eigenvalue weighted by Crippen LogP contribution is -2.45. The molecule has 168 valence electrons. The van der Waals surface area contributed by atoms with E-state index in [1.54, 1.807) is 43.5 Å². The number of benzene rings is 2. The van der Waals surface area contributed by atoms with Crippen LogP contribution in [0.4, 0.5) is 5.69 Å². The molecule has 0 saturated heterocycles. The van der Waals surface area contributed by atoms with E-state index < -0.39 is 10.0 Å². The highest BCUT2D eigenvalue weighted by Crippen LogP contribution is 2.28. The lowest BCUT2D eigenvalue weighted by Gasteiger charge is -2.33. The number of rotatable bonds is 9. The van der Waals surface area contributed by atoms with Crippen LogP contribution in [0.3, 0.4) is 0 Å². The van der Waals surface area contributed by atoms with Gasteiger partial charge in [0.25, 0.3) is 0 Å². The second-order valence-corrected chi connectivity index (χ2v) is 9.41. The first kappa shape index (κ1) is 23.1. The maximum absolute atomic E-state index is 13.5. The first-order valence-electron chi connectivity index (χ1n) is 10.6. The lowest BCUT2D eigenvalue weighted by molar-refractivity contribution is -0.116. The third-order valence-electron chi connectivity index (χ3n) is 5.40. The van der Waals surface area contributed by atoms with Gasteiger partial charge in [-0.15, -0.1) is 0 Å².